The monoisotopic (exact) mass is 342 g/mol. The normalized spacial score (nSPS) is 12.3. The van der Waals surface area contributed by atoms with E-state index in [1.807, 2.05) is 6.92 Å². The van der Waals surface area contributed by atoms with E-state index in [1.165, 1.54) is 0 Å². The fraction of sp³-hybridized carbons (Fsp3) is 0.667. The van der Waals surface area contributed by atoms with Crippen LogP contribution in [0.4, 0.5) is 0 Å². The number of aliphatic hydroxyl groups is 2. The number of esters is 2. The molecule has 138 valence electrons. The highest BCUT2D eigenvalue weighted by Gasteiger charge is 2.34. The summed E-state index contributed by atoms with van der Waals surface area (Å²) in [4.78, 5) is 22.5. The zero-order valence-corrected chi connectivity index (χ0v) is 14.5. The first-order chi connectivity index (χ1) is 11.4. The minimum absolute atomic E-state index is 0.0132. The predicted octanol–water partition coefficient (Wildman–Crippen LogP) is 2.98. The maximum absolute atomic E-state index is 11.2. The Bertz CT molecular complexity index is 382. The zero-order valence-electron chi connectivity index (χ0n) is 14.5. The molecule has 1 unspecified atom stereocenters. The summed E-state index contributed by atoms with van der Waals surface area (Å²) in [5.74, 6) is -4.03. The molecular weight excluding hydrogens is 312 g/mol. The Labute approximate surface area is 144 Å². The molecule has 6 heteroatoms. The number of carbonyl (C=O) groups is 2. The summed E-state index contributed by atoms with van der Waals surface area (Å²) in [6, 6.07) is 0. The summed E-state index contributed by atoms with van der Waals surface area (Å²) < 4.78 is 9.45. The Morgan fingerprint density at radius 1 is 1.00 bits per heavy atom. The summed E-state index contributed by atoms with van der Waals surface area (Å²) in [5.41, 5.74) is 0. The highest BCUT2D eigenvalue weighted by molar-refractivity contribution is 5.83. The number of rotatable bonds is 14. The quantitative estimate of drug-likeness (QED) is 0.218. The van der Waals surface area contributed by atoms with Crippen LogP contribution < -0.4 is 0 Å². The first kappa shape index (κ1) is 22.3. The molecule has 0 aromatic heterocycles. The molecule has 0 aliphatic heterocycles. The van der Waals surface area contributed by atoms with Crippen LogP contribution in [0, 0.1) is 0 Å². The SMILES string of the molecule is C=CC(=O)OC(O)(CCCCCCCCC(O)CC)OC(=O)C=C. The molecule has 0 saturated heterocycles. The lowest BCUT2D eigenvalue weighted by molar-refractivity contribution is -0.324. The molecule has 0 heterocycles. The Hall–Kier alpha value is -1.66. The third-order valence-electron chi connectivity index (χ3n) is 3.60. The van der Waals surface area contributed by atoms with Gasteiger partial charge in [-0.3, -0.25) is 0 Å². The molecule has 0 bridgehead atoms. The average molecular weight is 342 g/mol. The van der Waals surface area contributed by atoms with Gasteiger partial charge in [-0.15, -0.1) is 0 Å². The van der Waals surface area contributed by atoms with Crippen molar-refractivity contribution in [2.75, 3.05) is 0 Å². The van der Waals surface area contributed by atoms with E-state index in [1.54, 1.807) is 0 Å². The minimum atomic E-state index is -2.29. The van der Waals surface area contributed by atoms with Gasteiger partial charge < -0.3 is 19.7 Å². The van der Waals surface area contributed by atoms with E-state index in [0.29, 0.717) is 6.42 Å². The number of hydrogen-bond donors (Lipinski definition) is 2. The molecule has 0 aliphatic rings. The Kier molecular flexibility index (Phi) is 11.8. The van der Waals surface area contributed by atoms with Crippen LogP contribution in [0.5, 0.6) is 0 Å². The van der Waals surface area contributed by atoms with E-state index >= 15 is 0 Å². The van der Waals surface area contributed by atoms with E-state index in [0.717, 1.165) is 57.1 Å². The van der Waals surface area contributed by atoms with Crippen LogP contribution in [0.3, 0.4) is 0 Å². The van der Waals surface area contributed by atoms with Crippen LogP contribution in [0.15, 0.2) is 25.3 Å². The smallest absolute Gasteiger partial charge is 0.373 e. The highest BCUT2D eigenvalue weighted by Crippen LogP contribution is 2.20. The molecule has 0 aliphatic carbocycles. The summed E-state index contributed by atoms with van der Waals surface area (Å²) in [6.07, 6.45) is 8.49. The fourth-order valence-corrected chi connectivity index (χ4v) is 2.16. The van der Waals surface area contributed by atoms with Gasteiger partial charge in [0.25, 0.3) is 0 Å². The van der Waals surface area contributed by atoms with Crippen molar-refractivity contribution in [1.29, 1.82) is 0 Å². The number of hydrogen-bond acceptors (Lipinski definition) is 6. The lowest BCUT2D eigenvalue weighted by Gasteiger charge is -2.25. The van der Waals surface area contributed by atoms with Gasteiger partial charge in [-0.25, -0.2) is 9.59 Å². The maximum atomic E-state index is 11.2. The number of ether oxygens (including phenoxy) is 2. The van der Waals surface area contributed by atoms with Gasteiger partial charge in [-0.1, -0.05) is 52.2 Å². The van der Waals surface area contributed by atoms with Crippen molar-refractivity contribution in [2.24, 2.45) is 0 Å². The van der Waals surface area contributed by atoms with Crippen LogP contribution in [0.25, 0.3) is 0 Å². The molecule has 0 amide bonds. The fourth-order valence-electron chi connectivity index (χ4n) is 2.16. The summed E-state index contributed by atoms with van der Waals surface area (Å²) in [6.45, 7) is 8.44. The van der Waals surface area contributed by atoms with Crippen molar-refractivity contribution in [2.45, 2.75) is 76.8 Å². The van der Waals surface area contributed by atoms with Crippen LogP contribution in [0.2, 0.25) is 0 Å². The van der Waals surface area contributed by atoms with E-state index in [-0.39, 0.29) is 12.5 Å². The van der Waals surface area contributed by atoms with Crippen molar-refractivity contribution in [1.82, 2.24) is 0 Å². The number of carbonyl (C=O) groups excluding carboxylic acids is 2. The second-order valence-corrected chi connectivity index (χ2v) is 5.69. The molecule has 24 heavy (non-hydrogen) atoms. The van der Waals surface area contributed by atoms with Gasteiger partial charge in [0.05, 0.1) is 12.5 Å². The molecular formula is C18H30O6. The molecule has 1 atom stereocenters. The standard InChI is InChI=1S/C18H30O6/c1-4-15(19)13-11-9-7-8-10-12-14-18(22,23-16(20)5-2)24-17(21)6-3/h5-6,15,19,22H,2-4,7-14H2,1H3. The van der Waals surface area contributed by atoms with E-state index in [9.17, 15) is 19.8 Å². The third kappa shape index (κ3) is 11.0. The topological polar surface area (TPSA) is 93.1 Å². The molecule has 6 nitrogen and oxygen atoms in total. The van der Waals surface area contributed by atoms with Crippen LogP contribution in [-0.4, -0.2) is 34.2 Å². The second kappa shape index (κ2) is 12.7. The van der Waals surface area contributed by atoms with E-state index in [4.69, 9.17) is 9.47 Å². The minimum Gasteiger partial charge on any atom is -0.395 e. The van der Waals surface area contributed by atoms with Gasteiger partial charge in [0, 0.05) is 12.2 Å². The third-order valence-corrected chi connectivity index (χ3v) is 3.60. The van der Waals surface area contributed by atoms with Gasteiger partial charge in [-0.05, 0) is 19.3 Å². The van der Waals surface area contributed by atoms with Gasteiger partial charge in [0.2, 0.25) is 0 Å². The van der Waals surface area contributed by atoms with Crippen molar-refractivity contribution >= 4 is 11.9 Å². The Morgan fingerprint density at radius 3 is 1.92 bits per heavy atom. The molecule has 2 N–H and O–H groups in total. The van der Waals surface area contributed by atoms with Gasteiger partial charge in [0.15, 0.2) is 0 Å². The molecule has 0 rings (SSSR count). The first-order valence-corrected chi connectivity index (χ1v) is 8.48. The Balaban J connectivity index is 4.05. The summed E-state index contributed by atoms with van der Waals surface area (Å²) in [7, 11) is 0. The van der Waals surface area contributed by atoms with Crippen LogP contribution in [-0.2, 0) is 19.1 Å². The van der Waals surface area contributed by atoms with Crippen molar-refractivity contribution in [3.05, 3.63) is 25.3 Å². The Morgan fingerprint density at radius 2 is 1.46 bits per heavy atom. The average Bonchev–Trinajstić information content (AvgIpc) is 2.56. The van der Waals surface area contributed by atoms with Gasteiger partial charge in [0.1, 0.15) is 0 Å². The maximum Gasteiger partial charge on any atom is 0.373 e. The molecule has 0 radical (unpaired) electrons. The summed E-state index contributed by atoms with van der Waals surface area (Å²) >= 11 is 0. The highest BCUT2D eigenvalue weighted by atomic mass is 16.8. The zero-order chi connectivity index (χ0) is 18.4. The lowest BCUT2D eigenvalue weighted by atomic mass is 10.0. The van der Waals surface area contributed by atoms with E-state index < -0.39 is 17.9 Å². The van der Waals surface area contributed by atoms with Gasteiger partial charge in [-0.2, -0.15) is 0 Å². The molecule has 0 saturated carbocycles. The molecule has 0 fully saturated rings. The van der Waals surface area contributed by atoms with Crippen molar-refractivity contribution < 1.29 is 29.3 Å². The number of aliphatic hydroxyl groups excluding tert-OH is 1. The molecule has 0 aromatic carbocycles. The number of unbranched alkanes of at least 4 members (excludes halogenated alkanes) is 5. The molecule has 0 spiro atoms. The lowest BCUT2D eigenvalue weighted by Crippen LogP contribution is -2.39. The van der Waals surface area contributed by atoms with Crippen LogP contribution >= 0.6 is 0 Å². The van der Waals surface area contributed by atoms with E-state index in [2.05, 4.69) is 13.2 Å². The van der Waals surface area contributed by atoms with Crippen molar-refractivity contribution in [3.8, 4) is 0 Å². The summed E-state index contributed by atoms with van der Waals surface area (Å²) in [5, 5.41) is 19.6. The predicted molar refractivity (Wildman–Crippen MR) is 90.8 cm³/mol. The molecule has 0 aromatic rings. The largest absolute Gasteiger partial charge is 0.395 e. The van der Waals surface area contributed by atoms with Gasteiger partial charge >= 0.3 is 17.9 Å². The van der Waals surface area contributed by atoms with Crippen LogP contribution in [0.1, 0.15) is 64.7 Å². The van der Waals surface area contributed by atoms with Crippen molar-refractivity contribution in [3.63, 3.8) is 0 Å². The second-order valence-electron chi connectivity index (χ2n) is 5.69. The first-order valence-electron chi connectivity index (χ1n) is 8.48.